The van der Waals surface area contributed by atoms with Crippen LogP contribution in [0.2, 0.25) is 0 Å². The minimum absolute atomic E-state index is 0.0182. The van der Waals surface area contributed by atoms with Crippen molar-refractivity contribution in [3.63, 3.8) is 0 Å². The van der Waals surface area contributed by atoms with Gasteiger partial charge in [0.2, 0.25) is 0 Å². The van der Waals surface area contributed by atoms with Gasteiger partial charge in [0, 0.05) is 6.42 Å². The summed E-state index contributed by atoms with van der Waals surface area (Å²) in [5.74, 6) is 0.884. The van der Waals surface area contributed by atoms with Crippen LogP contribution < -0.4 is 15.7 Å². The number of hydroxylamine groups is 2. The second-order valence-corrected chi connectivity index (χ2v) is 11.1. The Morgan fingerprint density at radius 1 is 1.20 bits per heavy atom. The molecular formula is C21H26N4O9P. The number of rotatable bonds is 4. The van der Waals surface area contributed by atoms with Crippen molar-refractivity contribution in [3.05, 3.63) is 39.9 Å². The van der Waals surface area contributed by atoms with Gasteiger partial charge in [0.1, 0.15) is 12.3 Å². The zero-order valence-electron chi connectivity index (χ0n) is 19.5. The van der Waals surface area contributed by atoms with Gasteiger partial charge in [-0.2, -0.15) is 4.98 Å². The molecule has 3 aliphatic heterocycles. The molecule has 0 bridgehead atoms. The van der Waals surface area contributed by atoms with Crippen molar-refractivity contribution < 1.29 is 38.7 Å². The zero-order valence-corrected chi connectivity index (χ0v) is 20.4. The number of aromatic nitrogens is 2. The average Bonchev–Trinajstić information content (AvgIpc) is 3.18. The van der Waals surface area contributed by atoms with Crippen molar-refractivity contribution in [3.8, 4) is 11.5 Å². The highest BCUT2D eigenvalue weighted by atomic mass is 31.2. The molecule has 0 amide bonds. The summed E-state index contributed by atoms with van der Waals surface area (Å²) >= 11 is 0. The summed E-state index contributed by atoms with van der Waals surface area (Å²) < 4.78 is 28.2. The number of nitrogens with one attached hydrogen (secondary N) is 1. The van der Waals surface area contributed by atoms with E-state index in [1.165, 1.54) is 6.20 Å². The highest BCUT2D eigenvalue weighted by Gasteiger charge is 2.51. The summed E-state index contributed by atoms with van der Waals surface area (Å²) in [6, 6.07) is 3.64. The number of nitrogens with zero attached hydrogens (tertiary/aromatic N) is 3. The fraction of sp³-hybridized carbons (Fsp3) is 0.524. The Morgan fingerprint density at radius 3 is 2.51 bits per heavy atom. The molecule has 3 aliphatic rings. The molecule has 5 rings (SSSR count). The van der Waals surface area contributed by atoms with E-state index in [4.69, 9.17) is 19.3 Å². The number of anilines is 2. The fourth-order valence-electron chi connectivity index (χ4n) is 4.97. The van der Waals surface area contributed by atoms with Gasteiger partial charge in [0.05, 0.1) is 35.7 Å². The third-order valence-corrected chi connectivity index (χ3v) is 7.25. The maximum Gasteiger partial charge on any atom is 0.469 e. The van der Waals surface area contributed by atoms with Gasteiger partial charge >= 0.3 is 13.5 Å². The number of fused-ring (bicyclic) bond motifs is 3. The van der Waals surface area contributed by atoms with E-state index in [0.29, 0.717) is 11.4 Å². The lowest BCUT2D eigenvalue weighted by Crippen LogP contribution is -2.41. The molecule has 2 aromatic rings. The lowest BCUT2D eigenvalue weighted by Gasteiger charge is -2.32. The van der Waals surface area contributed by atoms with E-state index in [1.807, 2.05) is 33.8 Å². The van der Waals surface area contributed by atoms with E-state index in [0.717, 1.165) is 20.8 Å². The van der Waals surface area contributed by atoms with Gasteiger partial charge in [-0.3, -0.25) is 9.09 Å². The highest BCUT2D eigenvalue weighted by molar-refractivity contribution is 7.46. The van der Waals surface area contributed by atoms with E-state index in [-0.39, 0.29) is 18.0 Å². The van der Waals surface area contributed by atoms with Gasteiger partial charge in [-0.05, 0) is 51.0 Å². The van der Waals surface area contributed by atoms with Crippen LogP contribution in [-0.2, 0) is 30.1 Å². The predicted octanol–water partition coefficient (Wildman–Crippen LogP) is 1.98. The minimum atomic E-state index is -4.74. The van der Waals surface area contributed by atoms with Crippen LogP contribution >= 0.6 is 7.82 Å². The van der Waals surface area contributed by atoms with Gasteiger partial charge < -0.3 is 29.7 Å². The molecule has 1 aromatic heterocycles. The molecule has 0 unspecified atom stereocenters. The minimum Gasteiger partial charge on any atom is -0.450 e. The number of hydrogen-bond acceptors (Lipinski definition) is 9. The molecule has 0 spiro atoms. The molecule has 1 saturated heterocycles. The third-order valence-electron chi connectivity index (χ3n) is 6.77. The molecule has 35 heavy (non-hydrogen) atoms. The number of phosphoric ester groups is 1. The summed E-state index contributed by atoms with van der Waals surface area (Å²) in [6.45, 7) is 6.84. The Bertz CT molecular complexity index is 1300. The first-order chi connectivity index (χ1) is 16.2. The molecule has 14 heteroatoms. The van der Waals surface area contributed by atoms with Crippen LogP contribution in [-0.4, -0.2) is 48.3 Å². The van der Waals surface area contributed by atoms with Crippen LogP contribution in [0.5, 0.6) is 11.5 Å². The van der Waals surface area contributed by atoms with Crippen LogP contribution in [0.3, 0.4) is 0 Å². The number of phosphoric acid groups is 1. The molecular weight excluding hydrogens is 483 g/mol. The Labute approximate surface area is 200 Å². The first-order valence-electron chi connectivity index (χ1n) is 11.0. The first-order valence-corrected chi connectivity index (χ1v) is 12.5. The van der Waals surface area contributed by atoms with Gasteiger partial charge in [0.15, 0.2) is 17.3 Å². The molecule has 4 heterocycles. The molecule has 13 nitrogen and oxygen atoms in total. The third kappa shape index (κ3) is 3.98. The molecule has 189 valence electrons. The summed E-state index contributed by atoms with van der Waals surface area (Å²) in [4.78, 5) is 34.5. The molecule has 0 aliphatic carbocycles. The monoisotopic (exact) mass is 509 g/mol. The first kappa shape index (κ1) is 24.3. The SMILES string of the molecule is CC1(C)c2cc3c(cc2C(C)(C)N1[O])Oc1cn([C@H]2C[C@H](O)[C@@H](COP(=O)(O)O)O2)c(=O)nc1N3. The zero-order chi connectivity index (χ0) is 25.5. The second kappa shape index (κ2) is 7.82. The van der Waals surface area contributed by atoms with E-state index in [1.54, 1.807) is 6.07 Å². The quantitative estimate of drug-likeness (QED) is 0.378. The second-order valence-electron chi connectivity index (χ2n) is 9.90. The molecule has 4 N–H and O–H groups in total. The summed E-state index contributed by atoms with van der Waals surface area (Å²) in [7, 11) is -4.74. The smallest absolute Gasteiger partial charge is 0.450 e. The lowest BCUT2D eigenvalue weighted by atomic mass is 9.89. The van der Waals surface area contributed by atoms with E-state index < -0.39 is 49.6 Å². The Morgan fingerprint density at radius 2 is 1.86 bits per heavy atom. The highest BCUT2D eigenvalue weighted by Crippen LogP contribution is 2.53. The van der Waals surface area contributed by atoms with Crippen LogP contribution in [0.25, 0.3) is 0 Å². The van der Waals surface area contributed by atoms with Crippen molar-refractivity contribution in [1.82, 2.24) is 14.6 Å². The van der Waals surface area contributed by atoms with E-state index in [2.05, 4.69) is 14.8 Å². The Kier molecular flexibility index (Phi) is 5.44. The van der Waals surface area contributed by atoms with Crippen molar-refractivity contribution in [2.75, 3.05) is 11.9 Å². The number of benzene rings is 1. The van der Waals surface area contributed by atoms with Crippen molar-refractivity contribution in [1.29, 1.82) is 0 Å². The summed E-state index contributed by atoms with van der Waals surface area (Å²) in [6.07, 6.45) is -1.72. The van der Waals surface area contributed by atoms with E-state index in [9.17, 15) is 19.7 Å². The lowest BCUT2D eigenvalue weighted by molar-refractivity contribution is -0.266. The maximum atomic E-state index is 12.9. The summed E-state index contributed by atoms with van der Waals surface area (Å²) in [5, 5.41) is 27.3. The number of hydrogen-bond donors (Lipinski definition) is 4. The van der Waals surface area contributed by atoms with Crippen LogP contribution in [0.4, 0.5) is 11.5 Å². The fourth-order valence-corrected chi connectivity index (χ4v) is 5.31. The Hall–Kier alpha value is -2.35. The number of ether oxygens (including phenoxy) is 2. The van der Waals surface area contributed by atoms with Gasteiger partial charge in [-0.1, -0.05) is 0 Å². The summed E-state index contributed by atoms with van der Waals surface area (Å²) in [5.41, 5.74) is 0.0477. The molecule has 0 saturated carbocycles. The molecule has 1 aromatic carbocycles. The van der Waals surface area contributed by atoms with Gasteiger partial charge in [-0.15, -0.1) is 10.3 Å². The van der Waals surface area contributed by atoms with E-state index >= 15 is 0 Å². The number of aliphatic hydroxyl groups is 1. The topological polar surface area (TPSA) is 176 Å². The van der Waals surface area contributed by atoms with Crippen molar-refractivity contribution in [2.24, 2.45) is 0 Å². The van der Waals surface area contributed by atoms with Crippen LogP contribution in [0.15, 0.2) is 23.1 Å². The molecule has 1 fully saturated rings. The normalized spacial score (nSPS) is 26.5. The van der Waals surface area contributed by atoms with Crippen molar-refractivity contribution >= 4 is 19.3 Å². The number of aliphatic hydroxyl groups excluding tert-OH is 1. The standard InChI is InChI=1S/C21H26N4O9P/c1-20(2)10-5-12-14(6-11(10)21(3,4)25(20)28)33-15-8-24(19(27)23-18(15)22-12)17-7-13(26)16(34-17)9-32-35(29,30)31/h5-6,8,13,16-17,26H,7,9H2,1-4H3,(H,22,23,27)(H2,29,30,31)/t13-,16+,17+/m0/s1. The van der Waals surface area contributed by atoms with Gasteiger partial charge in [-0.25, -0.2) is 9.36 Å². The molecule has 1 radical (unpaired) electrons. The van der Waals surface area contributed by atoms with Crippen molar-refractivity contribution in [2.45, 2.75) is 63.6 Å². The largest absolute Gasteiger partial charge is 0.469 e. The molecule has 3 atom stereocenters. The van der Waals surface area contributed by atoms with Gasteiger partial charge in [0.25, 0.3) is 0 Å². The van der Waals surface area contributed by atoms with Crippen LogP contribution in [0, 0.1) is 0 Å². The average molecular weight is 509 g/mol. The predicted molar refractivity (Wildman–Crippen MR) is 119 cm³/mol. The van der Waals surface area contributed by atoms with Crippen LogP contribution in [0.1, 0.15) is 51.5 Å². The maximum absolute atomic E-state index is 12.9. The Balaban J connectivity index is 1.44.